The zero-order valence-electron chi connectivity index (χ0n) is 20.1. The van der Waals surface area contributed by atoms with Gasteiger partial charge in [0.1, 0.15) is 17.6 Å². The number of aromatic nitrogens is 3. The molecule has 2 aromatic heterocycles. The third-order valence-electron chi connectivity index (χ3n) is 6.00. The van der Waals surface area contributed by atoms with Gasteiger partial charge in [0.15, 0.2) is 0 Å². The van der Waals surface area contributed by atoms with Crippen LogP contribution in [0, 0.1) is 25.2 Å². The molecule has 7 heteroatoms. The first-order valence-corrected chi connectivity index (χ1v) is 11.4. The molecule has 0 spiro atoms. The van der Waals surface area contributed by atoms with E-state index in [9.17, 15) is 4.79 Å². The number of aldehydes is 1. The molecule has 5 rings (SSSR count). The number of hydrogen-bond donors (Lipinski definition) is 1. The maximum atomic E-state index is 11.0. The number of ether oxygens (including phenoxy) is 1. The summed E-state index contributed by atoms with van der Waals surface area (Å²) < 4.78 is 8.37. The first kappa shape index (κ1) is 22.8. The third-order valence-corrected chi connectivity index (χ3v) is 6.00. The molecule has 0 atom stereocenters. The minimum atomic E-state index is 0.399. The highest BCUT2D eigenvalue weighted by atomic mass is 16.5. The molecular formula is C29H23N5O2. The van der Waals surface area contributed by atoms with Crippen LogP contribution < -0.4 is 10.1 Å². The van der Waals surface area contributed by atoms with Crippen LogP contribution in [0.3, 0.4) is 0 Å². The molecule has 0 fully saturated rings. The summed E-state index contributed by atoms with van der Waals surface area (Å²) in [6.45, 7) is 4.01. The van der Waals surface area contributed by atoms with Crippen LogP contribution in [-0.4, -0.2) is 20.8 Å². The lowest BCUT2D eigenvalue weighted by Gasteiger charge is -2.15. The number of rotatable bonds is 6. The topological polar surface area (TPSA) is 92.8 Å². The molecule has 176 valence electrons. The summed E-state index contributed by atoms with van der Waals surface area (Å²) >= 11 is 0. The molecule has 0 aliphatic carbocycles. The molecule has 0 saturated heterocycles. The molecule has 3 aromatic carbocycles. The minimum Gasteiger partial charge on any atom is -0.436 e. The van der Waals surface area contributed by atoms with Crippen molar-refractivity contribution in [3.8, 4) is 28.8 Å². The standard InChI is InChI=1S/C29H23N5O2/c1-18-14-23(22-8-4-21(17-35)5-9-22)15-19(2)27(18)36-28-26-25(12-13-34(26)3)32-29(33-28)31-24-10-6-20(16-30)7-11-24/h4-15,17H,1-3H3,(H,31,32,33). The van der Waals surface area contributed by atoms with Gasteiger partial charge in [-0.25, -0.2) is 4.98 Å². The molecular weight excluding hydrogens is 450 g/mol. The number of anilines is 2. The molecule has 0 unspecified atom stereocenters. The van der Waals surface area contributed by atoms with E-state index in [0.717, 1.165) is 51.0 Å². The lowest BCUT2D eigenvalue weighted by atomic mass is 9.99. The number of fused-ring (bicyclic) bond motifs is 1. The number of carbonyl (C=O) groups is 1. The third kappa shape index (κ3) is 4.40. The van der Waals surface area contributed by atoms with E-state index in [-0.39, 0.29) is 0 Å². The van der Waals surface area contributed by atoms with Crippen molar-refractivity contribution >= 4 is 29.0 Å². The van der Waals surface area contributed by atoms with Gasteiger partial charge in [-0.3, -0.25) is 4.79 Å². The second kappa shape index (κ2) is 9.35. The van der Waals surface area contributed by atoms with Gasteiger partial charge in [0, 0.05) is 24.5 Å². The van der Waals surface area contributed by atoms with Crippen molar-refractivity contribution in [3.63, 3.8) is 0 Å². The van der Waals surface area contributed by atoms with E-state index in [4.69, 9.17) is 10.00 Å². The van der Waals surface area contributed by atoms with Crippen LogP contribution in [-0.2, 0) is 7.05 Å². The summed E-state index contributed by atoms with van der Waals surface area (Å²) in [5, 5.41) is 12.2. The van der Waals surface area contributed by atoms with Crippen molar-refractivity contribution in [1.29, 1.82) is 5.26 Å². The Labute approximate surface area is 208 Å². The van der Waals surface area contributed by atoms with E-state index in [0.29, 0.717) is 23.0 Å². The van der Waals surface area contributed by atoms with Gasteiger partial charge in [-0.1, -0.05) is 24.3 Å². The Bertz CT molecular complexity index is 1610. The maximum absolute atomic E-state index is 11.0. The highest BCUT2D eigenvalue weighted by molar-refractivity contribution is 5.83. The second-order valence-corrected chi connectivity index (χ2v) is 8.61. The molecule has 0 saturated carbocycles. The minimum absolute atomic E-state index is 0.399. The van der Waals surface area contributed by atoms with E-state index >= 15 is 0 Å². The molecule has 1 N–H and O–H groups in total. The number of nitrogens with zero attached hydrogens (tertiary/aromatic N) is 4. The first-order chi connectivity index (χ1) is 17.4. The molecule has 7 nitrogen and oxygen atoms in total. The Balaban J connectivity index is 1.51. The Morgan fingerprint density at radius 3 is 2.28 bits per heavy atom. The average Bonchev–Trinajstić information content (AvgIpc) is 3.27. The summed E-state index contributed by atoms with van der Waals surface area (Å²) in [5.41, 5.74) is 7.54. The Morgan fingerprint density at radius 1 is 0.944 bits per heavy atom. The lowest BCUT2D eigenvalue weighted by Crippen LogP contribution is -2.02. The lowest BCUT2D eigenvalue weighted by molar-refractivity contribution is 0.112. The van der Waals surface area contributed by atoms with Gasteiger partial charge < -0.3 is 14.6 Å². The highest BCUT2D eigenvalue weighted by Gasteiger charge is 2.16. The van der Waals surface area contributed by atoms with Crippen LogP contribution in [0.5, 0.6) is 11.6 Å². The quantitative estimate of drug-likeness (QED) is 0.284. The number of nitrogens with one attached hydrogen (secondary N) is 1. The number of nitriles is 1. The van der Waals surface area contributed by atoms with E-state index < -0.39 is 0 Å². The molecule has 2 heterocycles. The van der Waals surface area contributed by atoms with Gasteiger partial charge in [-0.2, -0.15) is 10.2 Å². The summed E-state index contributed by atoms with van der Waals surface area (Å²) in [5.74, 6) is 1.57. The van der Waals surface area contributed by atoms with Crippen molar-refractivity contribution in [2.45, 2.75) is 13.8 Å². The van der Waals surface area contributed by atoms with Crippen molar-refractivity contribution < 1.29 is 9.53 Å². The largest absolute Gasteiger partial charge is 0.436 e. The van der Waals surface area contributed by atoms with Crippen LogP contribution in [0.2, 0.25) is 0 Å². The van der Waals surface area contributed by atoms with Crippen molar-refractivity contribution in [2.24, 2.45) is 7.05 Å². The predicted octanol–water partition coefficient (Wildman–Crippen LogP) is 6.47. The Morgan fingerprint density at radius 2 is 1.64 bits per heavy atom. The zero-order chi connectivity index (χ0) is 25.2. The van der Waals surface area contributed by atoms with Gasteiger partial charge >= 0.3 is 0 Å². The fourth-order valence-electron chi connectivity index (χ4n) is 4.17. The maximum Gasteiger partial charge on any atom is 0.249 e. The smallest absolute Gasteiger partial charge is 0.249 e. The van der Waals surface area contributed by atoms with Gasteiger partial charge in [0.05, 0.1) is 17.1 Å². The van der Waals surface area contributed by atoms with Gasteiger partial charge in [0.2, 0.25) is 11.8 Å². The predicted molar refractivity (Wildman–Crippen MR) is 140 cm³/mol. The van der Waals surface area contributed by atoms with Crippen LogP contribution in [0.15, 0.2) is 72.9 Å². The molecule has 5 aromatic rings. The summed E-state index contributed by atoms with van der Waals surface area (Å²) in [6, 6.07) is 22.8. The fraction of sp³-hybridized carbons (Fsp3) is 0.103. The Hall–Kier alpha value is -4.96. The van der Waals surface area contributed by atoms with Crippen molar-refractivity contribution in [1.82, 2.24) is 14.5 Å². The Kier molecular flexibility index (Phi) is 5.93. The number of benzene rings is 3. The molecule has 0 amide bonds. The number of carbonyl (C=O) groups excluding carboxylic acids is 1. The first-order valence-electron chi connectivity index (χ1n) is 11.4. The van der Waals surface area contributed by atoms with E-state index in [1.54, 1.807) is 12.1 Å². The highest BCUT2D eigenvalue weighted by Crippen LogP contribution is 2.36. The SMILES string of the molecule is Cc1cc(-c2ccc(C=O)cc2)cc(C)c1Oc1nc(Nc2ccc(C#N)cc2)nc2ccn(C)c12. The van der Waals surface area contributed by atoms with E-state index in [2.05, 4.69) is 33.5 Å². The zero-order valence-corrected chi connectivity index (χ0v) is 20.1. The van der Waals surface area contributed by atoms with Crippen LogP contribution in [0.25, 0.3) is 22.2 Å². The summed E-state index contributed by atoms with van der Waals surface area (Å²) in [6.07, 6.45) is 2.76. The molecule has 36 heavy (non-hydrogen) atoms. The normalized spacial score (nSPS) is 10.7. The molecule has 0 aliphatic heterocycles. The molecule has 0 radical (unpaired) electrons. The van der Waals surface area contributed by atoms with E-state index in [1.807, 2.05) is 74.1 Å². The second-order valence-electron chi connectivity index (χ2n) is 8.61. The molecule has 0 bridgehead atoms. The number of aryl methyl sites for hydroxylation is 3. The summed E-state index contributed by atoms with van der Waals surface area (Å²) in [7, 11) is 1.93. The monoisotopic (exact) mass is 473 g/mol. The van der Waals surface area contributed by atoms with Crippen molar-refractivity contribution in [2.75, 3.05) is 5.32 Å². The number of hydrogen-bond acceptors (Lipinski definition) is 6. The fourth-order valence-corrected chi connectivity index (χ4v) is 4.17. The van der Waals surface area contributed by atoms with Gasteiger partial charge in [-0.15, -0.1) is 0 Å². The van der Waals surface area contributed by atoms with Crippen LogP contribution in [0.4, 0.5) is 11.6 Å². The van der Waals surface area contributed by atoms with Gasteiger partial charge in [-0.05, 0) is 78.6 Å². The van der Waals surface area contributed by atoms with Crippen molar-refractivity contribution in [3.05, 3.63) is 95.2 Å². The van der Waals surface area contributed by atoms with Crippen LogP contribution in [0.1, 0.15) is 27.0 Å². The average molecular weight is 474 g/mol. The summed E-state index contributed by atoms with van der Waals surface area (Å²) in [4.78, 5) is 20.3. The van der Waals surface area contributed by atoms with E-state index in [1.165, 1.54) is 0 Å². The molecule has 0 aliphatic rings. The van der Waals surface area contributed by atoms with Gasteiger partial charge in [0.25, 0.3) is 0 Å². The van der Waals surface area contributed by atoms with Crippen LogP contribution >= 0.6 is 0 Å².